The smallest absolute Gasteiger partial charge is 0.518 e. The number of rotatable bonds is 2. The fourth-order valence-electron chi connectivity index (χ4n) is 0.606. The van der Waals surface area contributed by atoms with E-state index in [0.29, 0.717) is 0 Å². The Morgan fingerprint density at radius 3 is 2.47 bits per heavy atom. The summed E-state index contributed by atoms with van der Waals surface area (Å²) >= 11 is 0.807. The molecule has 1 rings (SSSR count). The molecule has 0 radical (unpaired) electrons. The zero-order valence-corrected chi connectivity index (χ0v) is 8.49. The van der Waals surface area contributed by atoms with Gasteiger partial charge < -0.3 is 5.11 Å². The molecule has 0 fully saturated rings. The van der Waals surface area contributed by atoms with Crippen molar-refractivity contribution in [3.8, 4) is 0 Å². The van der Waals surface area contributed by atoms with Crippen LogP contribution in [0.3, 0.4) is 0 Å². The van der Waals surface area contributed by atoms with Crippen LogP contribution in [0.2, 0.25) is 0 Å². The molecule has 0 spiro atoms. The second kappa shape index (κ2) is 3.81. The first-order valence-corrected chi connectivity index (χ1v) is 5.68. The van der Waals surface area contributed by atoms with Gasteiger partial charge in [0.15, 0.2) is 0 Å². The molecular weight excluding hydrogens is 255 g/mol. The summed E-state index contributed by atoms with van der Waals surface area (Å²) < 4.78 is 58.5. The van der Waals surface area contributed by atoms with Crippen molar-refractivity contribution in [3.63, 3.8) is 0 Å². The Morgan fingerprint density at radius 1 is 1.47 bits per heavy atom. The Bertz CT molecular complexity index is 460. The number of hydrogen-bond acceptors (Lipinski definition) is 4. The number of nitrogens with zero attached hydrogens (tertiary/aromatic N) is 1. The maximum Gasteiger partial charge on any atom is 0.518 e. The van der Waals surface area contributed by atoms with Crippen LogP contribution in [0.15, 0.2) is 21.9 Å². The van der Waals surface area contributed by atoms with Crippen molar-refractivity contribution in [2.24, 2.45) is 4.40 Å². The van der Waals surface area contributed by atoms with Crippen LogP contribution in [-0.2, 0) is 10.0 Å². The molecule has 1 heterocycles. The molecule has 0 N–H and O–H groups in total. The molecule has 0 unspecified atom stereocenters. The largest absolute Gasteiger partial charge is 0.857 e. The van der Waals surface area contributed by atoms with Gasteiger partial charge in [-0.2, -0.15) is 26.0 Å². The van der Waals surface area contributed by atoms with E-state index in [1.165, 1.54) is 17.5 Å². The van der Waals surface area contributed by atoms with Gasteiger partial charge in [-0.25, -0.2) is 0 Å². The summed E-state index contributed by atoms with van der Waals surface area (Å²) in [5.74, 6) is -1.41. The molecule has 4 nitrogen and oxygen atoms in total. The molecule has 0 aliphatic rings. The first-order chi connectivity index (χ1) is 6.74. The molecule has 0 aliphatic carbocycles. The zero-order chi connectivity index (χ0) is 11.7. The van der Waals surface area contributed by atoms with Crippen LogP contribution in [-0.4, -0.2) is 19.8 Å². The number of halogens is 3. The van der Waals surface area contributed by atoms with E-state index in [4.69, 9.17) is 0 Å². The van der Waals surface area contributed by atoms with Crippen LogP contribution in [0.5, 0.6) is 0 Å². The molecule has 0 bridgehead atoms. The lowest BCUT2D eigenvalue weighted by atomic mass is 10.5. The lowest BCUT2D eigenvalue weighted by Crippen LogP contribution is -2.26. The maximum atomic E-state index is 11.8. The third-order valence-electron chi connectivity index (χ3n) is 1.23. The van der Waals surface area contributed by atoms with Gasteiger partial charge in [-0.05, 0) is 11.4 Å². The predicted molar refractivity (Wildman–Crippen MR) is 45.8 cm³/mol. The van der Waals surface area contributed by atoms with E-state index in [1.807, 2.05) is 0 Å². The summed E-state index contributed by atoms with van der Waals surface area (Å²) in [6, 6.07) is 2.58. The summed E-state index contributed by atoms with van der Waals surface area (Å²) in [6.07, 6.45) is 0. The van der Waals surface area contributed by atoms with Crippen LogP contribution >= 0.6 is 11.3 Å². The molecule has 0 saturated carbocycles. The molecule has 1 aromatic heterocycles. The first-order valence-electron chi connectivity index (χ1n) is 3.36. The van der Waals surface area contributed by atoms with Gasteiger partial charge in [0.05, 0.1) is 0 Å². The van der Waals surface area contributed by atoms with E-state index >= 15 is 0 Å². The summed E-state index contributed by atoms with van der Waals surface area (Å²) in [6.45, 7) is 0. The third kappa shape index (κ3) is 2.69. The van der Waals surface area contributed by atoms with E-state index in [1.54, 1.807) is 0 Å². The van der Waals surface area contributed by atoms with Gasteiger partial charge in [0, 0.05) is 10.8 Å². The number of thiophene rings is 1. The lowest BCUT2D eigenvalue weighted by molar-refractivity contribution is -0.212. The second-order valence-corrected chi connectivity index (χ2v) is 4.84. The Kier molecular flexibility index (Phi) is 3.05. The van der Waals surface area contributed by atoms with Crippen molar-refractivity contribution in [2.75, 3.05) is 0 Å². The van der Waals surface area contributed by atoms with E-state index in [-0.39, 0.29) is 4.88 Å². The van der Waals surface area contributed by atoms with Gasteiger partial charge in [0.25, 0.3) is 0 Å². The zero-order valence-electron chi connectivity index (χ0n) is 6.85. The van der Waals surface area contributed by atoms with E-state index < -0.39 is 21.4 Å². The topological polar surface area (TPSA) is 69.6 Å². The highest BCUT2D eigenvalue weighted by molar-refractivity contribution is 7.91. The normalized spacial score (nSPS) is 14.2. The number of alkyl halides is 3. The molecular formula is C6H3F3NO3S2-. The monoisotopic (exact) mass is 258 g/mol. The van der Waals surface area contributed by atoms with Gasteiger partial charge in [-0.15, -0.1) is 11.3 Å². The minimum absolute atomic E-state index is 0.164. The van der Waals surface area contributed by atoms with Gasteiger partial charge in [0.2, 0.25) is 0 Å². The van der Waals surface area contributed by atoms with Crippen molar-refractivity contribution in [3.05, 3.63) is 22.4 Å². The average Bonchev–Trinajstić information content (AvgIpc) is 2.51. The van der Waals surface area contributed by atoms with Crippen molar-refractivity contribution in [1.82, 2.24) is 0 Å². The molecule has 0 aliphatic heterocycles. The number of hydrogen-bond donors (Lipinski definition) is 0. The molecule has 1 aromatic rings. The van der Waals surface area contributed by atoms with Gasteiger partial charge >= 0.3 is 15.5 Å². The van der Waals surface area contributed by atoms with Gasteiger partial charge in [-0.3, -0.25) is 0 Å². The minimum atomic E-state index is -5.74. The summed E-state index contributed by atoms with van der Waals surface area (Å²) in [5, 5.41) is 12.4. The minimum Gasteiger partial charge on any atom is -0.857 e. The Balaban J connectivity index is 3.10. The summed E-state index contributed by atoms with van der Waals surface area (Å²) in [5.41, 5.74) is -5.54. The Labute approximate surface area is 86.7 Å². The molecule has 15 heavy (non-hydrogen) atoms. The summed E-state index contributed by atoms with van der Waals surface area (Å²) in [4.78, 5) is -0.164. The van der Waals surface area contributed by atoms with Crippen molar-refractivity contribution < 1.29 is 26.7 Å². The van der Waals surface area contributed by atoms with Gasteiger partial charge in [0.1, 0.15) is 0 Å². The fraction of sp³-hybridized carbons (Fsp3) is 0.167. The molecule has 0 amide bonds. The third-order valence-corrected chi connectivity index (χ3v) is 3.08. The standard InChI is InChI=1S/C6H4F3NO3S2/c7-6(8,9)15(12,13)10-5(11)4-2-1-3-14-4/h1-3H,(H,10,11)/p-1. The number of sulfonamides is 1. The Hall–Kier alpha value is -1.09. The van der Waals surface area contributed by atoms with E-state index in [2.05, 4.69) is 4.40 Å². The van der Waals surface area contributed by atoms with Crippen molar-refractivity contribution >= 4 is 27.3 Å². The van der Waals surface area contributed by atoms with E-state index in [9.17, 15) is 26.7 Å². The van der Waals surface area contributed by atoms with Crippen molar-refractivity contribution in [1.29, 1.82) is 0 Å². The van der Waals surface area contributed by atoms with Crippen molar-refractivity contribution in [2.45, 2.75) is 5.51 Å². The van der Waals surface area contributed by atoms with Crippen LogP contribution in [0.4, 0.5) is 13.2 Å². The molecule has 0 atom stereocenters. The first kappa shape index (κ1) is 12.0. The van der Waals surface area contributed by atoms with Crippen LogP contribution in [0, 0.1) is 0 Å². The average molecular weight is 258 g/mol. The molecule has 0 saturated heterocycles. The SMILES string of the molecule is O=S(=O)(/N=C(\[O-])c1cccs1)C(F)(F)F. The highest BCUT2D eigenvalue weighted by Crippen LogP contribution is 2.25. The maximum absolute atomic E-state index is 11.8. The predicted octanol–water partition coefficient (Wildman–Crippen LogP) is 0.705. The molecule has 9 heteroatoms. The lowest BCUT2D eigenvalue weighted by Gasteiger charge is -2.09. The quantitative estimate of drug-likeness (QED) is 0.579. The van der Waals surface area contributed by atoms with Gasteiger partial charge in [-0.1, -0.05) is 6.07 Å². The molecule has 84 valence electrons. The van der Waals surface area contributed by atoms with Crippen LogP contribution < -0.4 is 5.11 Å². The Morgan fingerprint density at radius 2 is 2.07 bits per heavy atom. The van der Waals surface area contributed by atoms with Crippen LogP contribution in [0.25, 0.3) is 0 Å². The van der Waals surface area contributed by atoms with E-state index in [0.717, 1.165) is 11.3 Å². The second-order valence-electron chi connectivity index (χ2n) is 2.29. The summed E-state index contributed by atoms with van der Waals surface area (Å²) in [7, 11) is -5.74. The molecule has 0 aromatic carbocycles. The van der Waals surface area contributed by atoms with Crippen LogP contribution in [0.1, 0.15) is 4.88 Å². The highest BCUT2D eigenvalue weighted by Gasteiger charge is 2.45. The highest BCUT2D eigenvalue weighted by atomic mass is 32.2. The fourth-order valence-corrected chi connectivity index (χ4v) is 1.69.